The van der Waals surface area contributed by atoms with Crippen LogP contribution in [0.5, 0.6) is 0 Å². The predicted molar refractivity (Wildman–Crippen MR) is 83.3 cm³/mol. The number of carbonyl (C=O) groups is 1. The highest BCUT2D eigenvalue weighted by Gasteiger charge is 2.58. The van der Waals surface area contributed by atoms with Gasteiger partial charge in [0.25, 0.3) is 0 Å². The highest BCUT2D eigenvalue weighted by atomic mass is 32.2. The van der Waals surface area contributed by atoms with Gasteiger partial charge < -0.3 is 5.11 Å². The Morgan fingerprint density at radius 3 is 2.77 bits per heavy atom. The number of ketones is 1. The van der Waals surface area contributed by atoms with E-state index >= 15 is 0 Å². The average molecular weight is 315 g/mol. The molecule has 2 aromatic rings. The minimum absolute atomic E-state index is 0.0808. The molecule has 4 rings (SSSR count). The molecule has 1 fully saturated rings. The fourth-order valence-corrected chi connectivity index (χ4v) is 4.70. The van der Waals surface area contributed by atoms with Crippen molar-refractivity contribution in [3.8, 4) is 11.4 Å². The number of benzene rings is 1. The number of hydrogen-bond acceptors (Lipinski definition) is 5. The van der Waals surface area contributed by atoms with Crippen LogP contribution in [0.15, 0.2) is 35.5 Å². The topological polar surface area (TPSA) is 68.0 Å². The van der Waals surface area contributed by atoms with Crippen LogP contribution >= 0.6 is 11.8 Å². The second-order valence-corrected chi connectivity index (χ2v) is 7.93. The highest BCUT2D eigenvalue weighted by molar-refractivity contribution is 8.00. The minimum atomic E-state index is -1.27. The van der Waals surface area contributed by atoms with Crippen LogP contribution in [0.1, 0.15) is 26.7 Å². The Labute approximate surface area is 132 Å². The first-order valence-corrected chi connectivity index (χ1v) is 8.22. The van der Waals surface area contributed by atoms with Gasteiger partial charge in [0.15, 0.2) is 22.5 Å². The zero-order valence-electron chi connectivity index (χ0n) is 12.5. The third-order valence-electron chi connectivity index (χ3n) is 4.30. The van der Waals surface area contributed by atoms with Crippen molar-refractivity contribution in [1.82, 2.24) is 14.8 Å². The summed E-state index contributed by atoms with van der Waals surface area (Å²) in [6, 6.07) is 9.67. The van der Waals surface area contributed by atoms with Crippen LogP contribution < -0.4 is 0 Å². The quantitative estimate of drug-likeness (QED) is 0.875. The standard InChI is InChI=1S/C16H17N3O2S/c1-15(2)8-11(20)12-16(21,9-15)19-14(22-12)17-13(18-19)10-6-4-3-5-7-10/h3-7,12,21H,8-9H2,1-2H3/t12-,16-/m1/s1. The van der Waals surface area contributed by atoms with Gasteiger partial charge in [0.1, 0.15) is 5.25 Å². The number of nitrogens with zero attached hydrogens (tertiary/aromatic N) is 3. The van der Waals surface area contributed by atoms with Crippen LogP contribution in [-0.4, -0.2) is 30.9 Å². The summed E-state index contributed by atoms with van der Waals surface area (Å²) >= 11 is 1.33. The first kappa shape index (κ1) is 14.0. The molecule has 0 spiro atoms. The lowest BCUT2D eigenvalue weighted by Gasteiger charge is -2.41. The number of aliphatic hydroxyl groups is 1. The van der Waals surface area contributed by atoms with E-state index in [9.17, 15) is 9.90 Å². The molecule has 2 atom stereocenters. The molecule has 0 radical (unpaired) electrons. The molecule has 0 unspecified atom stereocenters. The molecule has 0 amide bonds. The van der Waals surface area contributed by atoms with Crippen molar-refractivity contribution in [2.75, 3.05) is 0 Å². The van der Waals surface area contributed by atoms with E-state index in [1.807, 2.05) is 44.2 Å². The van der Waals surface area contributed by atoms with Gasteiger partial charge in [0.2, 0.25) is 0 Å². The van der Waals surface area contributed by atoms with Crippen molar-refractivity contribution in [3.05, 3.63) is 30.3 Å². The molecule has 114 valence electrons. The van der Waals surface area contributed by atoms with Crippen LogP contribution in [0, 0.1) is 5.41 Å². The van der Waals surface area contributed by atoms with E-state index in [0.29, 0.717) is 23.8 Å². The molecule has 1 aliphatic heterocycles. The van der Waals surface area contributed by atoms with Crippen molar-refractivity contribution < 1.29 is 9.90 Å². The third kappa shape index (κ3) is 1.94. The van der Waals surface area contributed by atoms with Gasteiger partial charge in [0.05, 0.1) is 0 Å². The van der Waals surface area contributed by atoms with E-state index < -0.39 is 11.0 Å². The number of thioether (sulfide) groups is 1. The number of rotatable bonds is 1. The fraction of sp³-hybridized carbons (Fsp3) is 0.438. The van der Waals surface area contributed by atoms with Crippen molar-refractivity contribution in [2.24, 2.45) is 5.41 Å². The maximum Gasteiger partial charge on any atom is 0.190 e. The van der Waals surface area contributed by atoms with Crippen LogP contribution in [0.2, 0.25) is 0 Å². The Morgan fingerprint density at radius 1 is 1.32 bits per heavy atom. The second-order valence-electron chi connectivity index (χ2n) is 6.86. The Kier molecular flexibility index (Phi) is 2.81. The molecular weight excluding hydrogens is 298 g/mol. The lowest BCUT2D eigenvalue weighted by atomic mass is 9.72. The van der Waals surface area contributed by atoms with Gasteiger partial charge in [-0.25, -0.2) is 9.67 Å². The molecule has 0 bridgehead atoms. The van der Waals surface area contributed by atoms with Gasteiger partial charge in [0, 0.05) is 18.4 Å². The number of fused-ring (bicyclic) bond motifs is 3. The van der Waals surface area contributed by atoms with Crippen molar-refractivity contribution in [2.45, 2.75) is 42.8 Å². The normalized spacial score (nSPS) is 29.2. The summed E-state index contributed by atoms with van der Waals surface area (Å²) in [5.41, 5.74) is -0.589. The summed E-state index contributed by atoms with van der Waals surface area (Å²) in [7, 11) is 0. The molecule has 6 heteroatoms. The molecule has 2 aliphatic rings. The first-order valence-electron chi connectivity index (χ1n) is 7.34. The summed E-state index contributed by atoms with van der Waals surface area (Å²) < 4.78 is 1.56. The van der Waals surface area contributed by atoms with Crippen LogP contribution in [0.3, 0.4) is 0 Å². The van der Waals surface area contributed by atoms with Crippen LogP contribution in [0.25, 0.3) is 11.4 Å². The molecule has 1 saturated carbocycles. The third-order valence-corrected chi connectivity index (χ3v) is 5.65. The number of aromatic nitrogens is 3. The SMILES string of the molecule is CC1(C)CC(=O)[C@H]2Sc3nc(-c4ccccc4)nn3[C@@]2(O)C1. The van der Waals surface area contributed by atoms with Crippen molar-refractivity contribution in [3.63, 3.8) is 0 Å². The van der Waals surface area contributed by atoms with Crippen molar-refractivity contribution >= 4 is 17.5 Å². The lowest BCUT2D eigenvalue weighted by Crippen LogP contribution is -2.52. The van der Waals surface area contributed by atoms with Gasteiger partial charge >= 0.3 is 0 Å². The Balaban J connectivity index is 1.79. The average Bonchev–Trinajstić information content (AvgIpc) is 2.97. The molecule has 2 heterocycles. The van der Waals surface area contributed by atoms with Gasteiger partial charge in [-0.15, -0.1) is 5.10 Å². The Hall–Kier alpha value is -1.66. The molecule has 1 aliphatic carbocycles. The van der Waals surface area contributed by atoms with Crippen molar-refractivity contribution in [1.29, 1.82) is 0 Å². The largest absolute Gasteiger partial charge is 0.368 e. The molecule has 1 aromatic heterocycles. The maximum absolute atomic E-state index is 12.4. The minimum Gasteiger partial charge on any atom is -0.368 e. The zero-order chi connectivity index (χ0) is 15.5. The van der Waals surface area contributed by atoms with Gasteiger partial charge in [-0.1, -0.05) is 55.9 Å². The fourth-order valence-electron chi connectivity index (χ4n) is 3.47. The number of Topliss-reactive ketones (excluding diaryl/α,β-unsaturated/α-hetero) is 1. The lowest BCUT2D eigenvalue weighted by molar-refractivity contribution is -0.146. The van der Waals surface area contributed by atoms with E-state index in [1.165, 1.54) is 11.8 Å². The van der Waals surface area contributed by atoms with Crippen LogP contribution in [-0.2, 0) is 10.5 Å². The maximum atomic E-state index is 12.4. The zero-order valence-corrected chi connectivity index (χ0v) is 13.3. The van der Waals surface area contributed by atoms with E-state index in [0.717, 1.165) is 5.56 Å². The molecule has 5 nitrogen and oxygen atoms in total. The molecule has 0 saturated heterocycles. The predicted octanol–water partition coefficient (Wildman–Crippen LogP) is 2.45. The second kappa shape index (κ2) is 4.43. The monoisotopic (exact) mass is 315 g/mol. The van der Waals surface area contributed by atoms with E-state index in [4.69, 9.17) is 0 Å². The molecule has 22 heavy (non-hydrogen) atoms. The summed E-state index contributed by atoms with van der Waals surface area (Å²) in [6.07, 6.45) is 0.997. The van der Waals surface area contributed by atoms with Gasteiger partial charge in [-0.3, -0.25) is 4.79 Å². The summed E-state index contributed by atoms with van der Waals surface area (Å²) in [5, 5.41) is 15.8. The van der Waals surface area contributed by atoms with E-state index in [-0.39, 0.29) is 11.2 Å². The molecule has 1 N–H and O–H groups in total. The molecule has 1 aromatic carbocycles. The smallest absolute Gasteiger partial charge is 0.190 e. The summed E-state index contributed by atoms with van der Waals surface area (Å²) in [4.78, 5) is 16.9. The van der Waals surface area contributed by atoms with Gasteiger partial charge in [-0.05, 0) is 5.41 Å². The Bertz CT molecular complexity index is 756. The van der Waals surface area contributed by atoms with E-state index in [2.05, 4.69) is 10.1 Å². The number of hydrogen-bond donors (Lipinski definition) is 1. The Morgan fingerprint density at radius 2 is 2.05 bits per heavy atom. The number of carbonyl (C=O) groups excluding carboxylic acids is 1. The van der Waals surface area contributed by atoms with Gasteiger partial charge in [-0.2, -0.15) is 0 Å². The summed E-state index contributed by atoms with van der Waals surface area (Å²) in [5.74, 6) is 0.670. The molecular formula is C16H17N3O2S. The first-order chi connectivity index (χ1) is 10.4. The summed E-state index contributed by atoms with van der Waals surface area (Å²) in [6.45, 7) is 4.02. The van der Waals surface area contributed by atoms with E-state index in [1.54, 1.807) is 4.68 Å². The highest BCUT2D eigenvalue weighted by Crippen LogP contribution is 2.52. The van der Waals surface area contributed by atoms with Crippen LogP contribution in [0.4, 0.5) is 0 Å².